The van der Waals surface area contributed by atoms with Crippen molar-refractivity contribution in [2.75, 3.05) is 18.1 Å². The van der Waals surface area contributed by atoms with Crippen molar-refractivity contribution < 1.29 is 14.3 Å². The van der Waals surface area contributed by atoms with Crippen LogP contribution in [0.4, 0.5) is 5.69 Å². The normalized spacial score (nSPS) is 27.8. The monoisotopic (exact) mass is 387 g/mol. The summed E-state index contributed by atoms with van der Waals surface area (Å²) in [6.07, 6.45) is 1.22. The van der Waals surface area contributed by atoms with E-state index < -0.39 is 15.7 Å². The van der Waals surface area contributed by atoms with E-state index in [4.69, 9.17) is 27.9 Å². The minimum atomic E-state index is -1.09. The highest BCUT2D eigenvalue weighted by molar-refractivity contribution is 8.00. The fourth-order valence-electron chi connectivity index (χ4n) is 2.73. The van der Waals surface area contributed by atoms with E-state index in [-0.39, 0.29) is 12.5 Å². The van der Waals surface area contributed by atoms with E-state index in [1.165, 1.54) is 0 Å². The van der Waals surface area contributed by atoms with Crippen LogP contribution in [0.3, 0.4) is 0 Å². The number of fused-ring (bicyclic) bond motifs is 1. The van der Waals surface area contributed by atoms with E-state index in [1.54, 1.807) is 23.6 Å². The van der Waals surface area contributed by atoms with E-state index >= 15 is 0 Å². The molecule has 3 rings (SSSR count). The molecular weight excluding hydrogens is 369 g/mol. The Morgan fingerprint density at radius 3 is 2.71 bits per heavy atom. The van der Waals surface area contributed by atoms with Crippen LogP contribution in [0.2, 0.25) is 0 Å². The highest BCUT2D eigenvalue weighted by Gasteiger charge is 2.69. The highest BCUT2D eigenvalue weighted by atomic mass is 35.5. The summed E-state index contributed by atoms with van der Waals surface area (Å²) in [5, 5.41) is 0.421. The number of esters is 1. The fourth-order valence-corrected chi connectivity index (χ4v) is 4.53. The topological polar surface area (TPSA) is 46.6 Å². The number of thioether (sulfide) groups is 1. The highest BCUT2D eigenvalue weighted by Crippen LogP contribution is 2.64. The van der Waals surface area contributed by atoms with Crippen molar-refractivity contribution in [1.82, 2.24) is 0 Å². The molecule has 1 aromatic rings. The quantitative estimate of drug-likeness (QED) is 0.580. The van der Waals surface area contributed by atoms with Crippen molar-refractivity contribution in [3.8, 4) is 0 Å². The average Bonchev–Trinajstić information content (AvgIpc) is 3.11. The van der Waals surface area contributed by atoms with E-state index in [2.05, 4.69) is 6.92 Å². The van der Waals surface area contributed by atoms with Gasteiger partial charge in [-0.25, -0.2) is 0 Å². The number of para-hydroxylation sites is 1. The summed E-state index contributed by atoms with van der Waals surface area (Å²) < 4.78 is 4.11. The van der Waals surface area contributed by atoms with Gasteiger partial charge in [-0.1, -0.05) is 19.1 Å². The van der Waals surface area contributed by atoms with Gasteiger partial charge < -0.3 is 9.64 Å². The first kappa shape index (κ1) is 17.9. The van der Waals surface area contributed by atoms with Gasteiger partial charge in [-0.2, -0.15) is 0 Å². The van der Waals surface area contributed by atoms with Crippen LogP contribution < -0.4 is 4.90 Å². The van der Waals surface area contributed by atoms with Crippen LogP contribution in [0.15, 0.2) is 29.2 Å². The maximum absolute atomic E-state index is 12.6. The van der Waals surface area contributed by atoms with Gasteiger partial charge in [-0.05, 0) is 25.5 Å². The number of nitrogens with zero attached hydrogens (tertiary/aromatic N) is 1. The third kappa shape index (κ3) is 3.26. The van der Waals surface area contributed by atoms with Gasteiger partial charge in [-0.3, -0.25) is 9.59 Å². The zero-order valence-corrected chi connectivity index (χ0v) is 15.9. The largest absolute Gasteiger partial charge is 0.455 e. The molecule has 1 saturated carbocycles. The third-order valence-electron chi connectivity index (χ3n) is 4.58. The summed E-state index contributed by atoms with van der Waals surface area (Å²) in [6, 6.07) is 7.79. The Balaban J connectivity index is 1.68. The average molecular weight is 388 g/mol. The molecule has 1 fully saturated rings. The summed E-state index contributed by atoms with van der Waals surface area (Å²) in [5.74, 6) is -0.754. The number of carbonyl (C=O) groups excluding carboxylic acids is 2. The van der Waals surface area contributed by atoms with Gasteiger partial charge >= 0.3 is 5.97 Å². The Morgan fingerprint density at radius 1 is 1.38 bits per heavy atom. The van der Waals surface area contributed by atoms with Gasteiger partial charge in [0.15, 0.2) is 6.61 Å². The molecule has 1 heterocycles. The van der Waals surface area contributed by atoms with E-state index in [0.29, 0.717) is 18.2 Å². The standard InChI is InChI=1S/C17H19Cl2NO3S/c1-11-7-8-20(12-5-3-4-6-13(12)24-11)14(21)9-23-15(22)16(2)10-17(16,18)19/h3-6,11H,7-10H2,1-2H3/t11-,16+/m0/s1. The zero-order chi connectivity index (χ0) is 17.5. The lowest BCUT2D eigenvalue weighted by molar-refractivity contribution is -0.152. The first-order valence-corrected chi connectivity index (χ1v) is 9.49. The van der Waals surface area contributed by atoms with E-state index in [9.17, 15) is 9.59 Å². The molecule has 0 spiro atoms. The van der Waals surface area contributed by atoms with Crippen molar-refractivity contribution in [3.05, 3.63) is 24.3 Å². The Morgan fingerprint density at radius 2 is 2.04 bits per heavy atom. The molecule has 1 aromatic carbocycles. The zero-order valence-electron chi connectivity index (χ0n) is 13.6. The summed E-state index contributed by atoms with van der Waals surface area (Å²) in [4.78, 5) is 27.5. The number of hydrogen-bond donors (Lipinski definition) is 0. The van der Waals surface area contributed by atoms with Gasteiger partial charge in [0.25, 0.3) is 5.91 Å². The van der Waals surface area contributed by atoms with Crippen LogP contribution in [0.1, 0.15) is 26.7 Å². The molecule has 0 N–H and O–H groups in total. The lowest BCUT2D eigenvalue weighted by Crippen LogP contribution is -2.36. The van der Waals surface area contributed by atoms with Crippen LogP contribution in [0.5, 0.6) is 0 Å². The van der Waals surface area contributed by atoms with Crippen molar-refractivity contribution >= 4 is 52.5 Å². The number of alkyl halides is 2. The Bertz CT molecular complexity index is 682. The van der Waals surface area contributed by atoms with Crippen molar-refractivity contribution in [3.63, 3.8) is 0 Å². The molecule has 4 nitrogen and oxygen atoms in total. The number of benzene rings is 1. The number of halogens is 2. The maximum atomic E-state index is 12.6. The van der Waals surface area contributed by atoms with Crippen LogP contribution >= 0.6 is 35.0 Å². The summed E-state index contributed by atoms with van der Waals surface area (Å²) in [6.45, 7) is 4.10. The van der Waals surface area contributed by atoms with Gasteiger partial charge in [0, 0.05) is 23.1 Å². The Labute approximate surface area is 155 Å². The van der Waals surface area contributed by atoms with Crippen molar-refractivity contribution in [1.29, 1.82) is 0 Å². The number of anilines is 1. The number of amides is 1. The second-order valence-electron chi connectivity index (χ2n) is 6.52. The number of ether oxygens (including phenoxy) is 1. The minimum absolute atomic E-state index is 0.232. The molecule has 2 aliphatic rings. The third-order valence-corrected chi connectivity index (χ3v) is 6.92. The van der Waals surface area contributed by atoms with Crippen LogP contribution in [-0.4, -0.2) is 34.6 Å². The summed E-state index contributed by atoms with van der Waals surface area (Å²) >= 11 is 13.7. The fraction of sp³-hybridized carbons (Fsp3) is 0.529. The van der Waals surface area contributed by atoms with E-state index in [1.807, 2.05) is 24.3 Å². The molecule has 1 aliphatic carbocycles. The predicted molar refractivity (Wildman–Crippen MR) is 96.9 cm³/mol. The molecule has 1 amide bonds. The molecule has 0 radical (unpaired) electrons. The smallest absolute Gasteiger partial charge is 0.315 e. The van der Waals surface area contributed by atoms with Gasteiger partial charge in [0.05, 0.1) is 5.69 Å². The maximum Gasteiger partial charge on any atom is 0.315 e. The summed E-state index contributed by atoms with van der Waals surface area (Å²) in [5.41, 5.74) is -0.0492. The molecular formula is C17H19Cl2NO3S. The number of rotatable bonds is 3. The second-order valence-corrected chi connectivity index (χ2v) is 9.48. The Hall–Kier alpha value is -0.910. The summed E-state index contributed by atoms with van der Waals surface area (Å²) in [7, 11) is 0. The Kier molecular flexibility index (Phi) is 4.80. The molecule has 0 aromatic heterocycles. The molecule has 24 heavy (non-hydrogen) atoms. The number of carbonyl (C=O) groups is 2. The lowest BCUT2D eigenvalue weighted by Gasteiger charge is -2.22. The second kappa shape index (κ2) is 6.43. The first-order valence-electron chi connectivity index (χ1n) is 7.86. The minimum Gasteiger partial charge on any atom is -0.455 e. The van der Waals surface area contributed by atoms with Gasteiger partial charge in [-0.15, -0.1) is 35.0 Å². The lowest BCUT2D eigenvalue weighted by atomic mass is 10.1. The molecule has 2 atom stereocenters. The SMILES string of the molecule is C[C@H]1CCN(C(=O)COC(=O)[C@@]2(C)CC2(Cl)Cl)c2ccccc2S1. The van der Waals surface area contributed by atoms with Gasteiger partial charge in [0.2, 0.25) is 0 Å². The van der Waals surface area contributed by atoms with Crippen molar-refractivity contribution in [2.45, 2.75) is 41.2 Å². The number of hydrogen-bond acceptors (Lipinski definition) is 4. The van der Waals surface area contributed by atoms with Gasteiger partial charge in [0.1, 0.15) is 9.75 Å². The van der Waals surface area contributed by atoms with Crippen LogP contribution in [0.25, 0.3) is 0 Å². The van der Waals surface area contributed by atoms with E-state index in [0.717, 1.165) is 17.0 Å². The predicted octanol–water partition coefficient (Wildman–Crippen LogP) is 4.03. The molecule has 130 valence electrons. The molecule has 7 heteroatoms. The van der Waals surface area contributed by atoms with Crippen LogP contribution in [0, 0.1) is 5.41 Å². The molecule has 0 saturated heterocycles. The first-order chi connectivity index (χ1) is 11.2. The van der Waals surface area contributed by atoms with Crippen LogP contribution in [-0.2, 0) is 14.3 Å². The molecule has 1 aliphatic heterocycles. The molecule has 0 bridgehead atoms. The van der Waals surface area contributed by atoms with Crippen molar-refractivity contribution in [2.24, 2.45) is 5.41 Å². The molecule has 0 unspecified atom stereocenters.